The van der Waals surface area contributed by atoms with E-state index in [0.717, 1.165) is 11.1 Å². The van der Waals surface area contributed by atoms with Crippen LogP contribution >= 0.6 is 0 Å². The molecule has 1 aliphatic rings. The lowest BCUT2D eigenvalue weighted by Crippen LogP contribution is -2.49. The SMILES string of the molecule is O=C(NCc1ccccc1)C1C(=O)N(OCc2ccccc2)C(=O)c2ccccc21. The van der Waals surface area contributed by atoms with E-state index < -0.39 is 23.6 Å². The summed E-state index contributed by atoms with van der Waals surface area (Å²) < 4.78 is 0. The highest BCUT2D eigenvalue weighted by atomic mass is 16.7. The van der Waals surface area contributed by atoms with Gasteiger partial charge in [0.25, 0.3) is 11.8 Å². The first-order chi connectivity index (χ1) is 14.6. The van der Waals surface area contributed by atoms with Gasteiger partial charge in [-0.05, 0) is 22.8 Å². The standard InChI is InChI=1S/C24H20N2O4/c27-22(25-15-17-9-3-1-4-10-17)21-19-13-7-8-14-20(19)23(28)26(24(21)29)30-16-18-11-5-2-6-12-18/h1-14,21H,15-16H2,(H,25,27). The third kappa shape index (κ3) is 3.99. The van der Waals surface area contributed by atoms with Crippen LogP contribution in [0, 0.1) is 0 Å². The van der Waals surface area contributed by atoms with Crippen LogP contribution in [0.1, 0.15) is 33.0 Å². The normalized spacial score (nSPS) is 15.6. The smallest absolute Gasteiger partial charge is 0.285 e. The lowest BCUT2D eigenvalue weighted by atomic mass is 9.88. The molecule has 150 valence electrons. The average molecular weight is 400 g/mol. The summed E-state index contributed by atoms with van der Waals surface area (Å²) in [7, 11) is 0. The van der Waals surface area contributed by atoms with Gasteiger partial charge in [-0.1, -0.05) is 78.9 Å². The molecule has 30 heavy (non-hydrogen) atoms. The number of nitrogens with one attached hydrogen (secondary N) is 1. The maximum Gasteiger partial charge on any atom is 0.285 e. The van der Waals surface area contributed by atoms with Crippen LogP contribution in [0.15, 0.2) is 84.9 Å². The van der Waals surface area contributed by atoms with Gasteiger partial charge in [0.05, 0.1) is 0 Å². The second-order valence-corrected chi connectivity index (χ2v) is 6.92. The van der Waals surface area contributed by atoms with Gasteiger partial charge in [0.15, 0.2) is 0 Å². The molecule has 1 N–H and O–H groups in total. The first-order valence-electron chi connectivity index (χ1n) is 9.61. The molecule has 3 amide bonds. The fourth-order valence-electron chi connectivity index (χ4n) is 3.38. The van der Waals surface area contributed by atoms with Crippen LogP contribution in [-0.2, 0) is 27.6 Å². The van der Waals surface area contributed by atoms with Gasteiger partial charge in [0.1, 0.15) is 12.5 Å². The fourth-order valence-corrected chi connectivity index (χ4v) is 3.38. The molecule has 0 bridgehead atoms. The average Bonchev–Trinajstić information content (AvgIpc) is 2.79. The van der Waals surface area contributed by atoms with Crippen molar-refractivity contribution in [2.45, 2.75) is 19.1 Å². The molecule has 0 aromatic heterocycles. The first kappa shape index (κ1) is 19.5. The highest BCUT2D eigenvalue weighted by Crippen LogP contribution is 2.30. The molecule has 3 aromatic carbocycles. The Morgan fingerprint density at radius 2 is 1.43 bits per heavy atom. The number of rotatable bonds is 6. The number of nitrogens with zero attached hydrogens (tertiary/aromatic N) is 1. The Hall–Kier alpha value is -3.77. The summed E-state index contributed by atoms with van der Waals surface area (Å²) in [6, 6.07) is 25.2. The Morgan fingerprint density at radius 1 is 0.833 bits per heavy atom. The molecule has 1 unspecified atom stereocenters. The number of benzene rings is 3. The molecule has 0 spiro atoms. The van der Waals surface area contributed by atoms with Crippen LogP contribution in [0.5, 0.6) is 0 Å². The zero-order valence-corrected chi connectivity index (χ0v) is 16.2. The van der Waals surface area contributed by atoms with E-state index >= 15 is 0 Å². The summed E-state index contributed by atoms with van der Waals surface area (Å²) in [6.45, 7) is 0.323. The number of imide groups is 1. The minimum Gasteiger partial charge on any atom is -0.351 e. The summed E-state index contributed by atoms with van der Waals surface area (Å²) in [4.78, 5) is 44.4. The third-order valence-electron chi connectivity index (χ3n) is 4.91. The van der Waals surface area contributed by atoms with Crippen LogP contribution in [0.3, 0.4) is 0 Å². The zero-order valence-electron chi connectivity index (χ0n) is 16.2. The Kier molecular flexibility index (Phi) is 5.68. The Bertz CT molecular complexity index is 1070. The monoisotopic (exact) mass is 400 g/mol. The summed E-state index contributed by atoms with van der Waals surface area (Å²) in [5, 5.41) is 3.51. The van der Waals surface area contributed by atoms with E-state index in [1.165, 1.54) is 0 Å². The molecule has 1 atom stereocenters. The van der Waals surface area contributed by atoms with E-state index in [1.54, 1.807) is 24.3 Å². The second-order valence-electron chi connectivity index (χ2n) is 6.92. The molecule has 0 radical (unpaired) electrons. The van der Waals surface area contributed by atoms with Gasteiger partial charge in [0.2, 0.25) is 5.91 Å². The summed E-state index contributed by atoms with van der Waals surface area (Å²) in [6.07, 6.45) is 0. The number of carbonyl (C=O) groups is 3. The molecule has 6 heteroatoms. The van der Waals surface area contributed by atoms with Gasteiger partial charge < -0.3 is 5.32 Å². The van der Waals surface area contributed by atoms with E-state index in [0.29, 0.717) is 10.6 Å². The maximum atomic E-state index is 13.1. The van der Waals surface area contributed by atoms with Crippen molar-refractivity contribution in [3.8, 4) is 0 Å². The molecule has 0 saturated heterocycles. The maximum absolute atomic E-state index is 13.1. The van der Waals surface area contributed by atoms with Gasteiger partial charge in [-0.2, -0.15) is 0 Å². The number of carbonyl (C=O) groups excluding carboxylic acids is 3. The third-order valence-corrected chi connectivity index (χ3v) is 4.91. The molecule has 1 aliphatic heterocycles. The zero-order chi connectivity index (χ0) is 20.9. The molecule has 0 saturated carbocycles. The van der Waals surface area contributed by atoms with Gasteiger partial charge in [0, 0.05) is 12.1 Å². The summed E-state index contributed by atoms with van der Waals surface area (Å²) in [5.41, 5.74) is 2.39. The van der Waals surface area contributed by atoms with Crippen molar-refractivity contribution in [2.24, 2.45) is 0 Å². The van der Waals surface area contributed by atoms with E-state index in [2.05, 4.69) is 5.32 Å². The molecular weight excluding hydrogens is 380 g/mol. The number of hydrogen-bond acceptors (Lipinski definition) is 4. The Labute approximate surface area is 174 Å². The molecule has 6 nitrogen and oxygen atoms in total. The molecular formula is C24H20N2O4. The van der Waals surface area contributed by atoms with Gasteiger partial charge in [-0.25, -0.2) is 0 Å². The predicted octanol–water partition coefficient (Wildman–Crippen LogP) is 3.20. The van der Waals surface area contributed by atoms with E-state index in [4.69, 9.17) is 4.84 Å². The number of hydroxylamine groups is 2. The van der Waals surface area contributed by atoms with Crippen molar-refractivity contribution in [2.75, 3.05) is 0 Å². The number of amides is 3. The fraction of sp³-hybridized carbons (Fsp3) is 0.125. The van der Waals surface area contributed by atoms with Crippen LogP contribution < -0.4 is 5.32 Å². The van der Waals surface area contributed by atoms with Crippen LogP contribution in [0.2, 0.25) is 0 Å². The minimum absolute atomic E-state index is 0.0405. The van der Waals surface area contributed by atoms with Gasteiger partial charge in [-0.3, -0.25) is 19.2 Å². The molecule has 0 fully saturated rings. The van der Waals surface area contributed by atoms with Gasteiger partial charge >= 0.3 is 0 Å². The Balaban J connectivity index is 1.57. The first-order valence-corrected chi connectivity index (χ1v) is 9.61. The quantitative estimate of drug-likeness (QED) is 0.509. The van der Waals surface area contributed by atoms with E-state index in [9.17, 15) is 14.4 Å². The molecule has 3 aromatic rings. The predicted molar refractivity (Wildman–Crippen MR) is 110 cm³/mol. The summed E-state index contributed by atoms with van der Waals surface area (Å²) in [5.74, 6) is -2.89. The van der Waals surface area contributed by atoms with Crippen molar-refractivity contribution in [1.29, 1.82) is 0 Å². The van der Waals surface area contributed by atoms with Crippen molar-refractivity contribution in [3.05, 3.63) is 107 Å². The van der Waals surface area contributed by atoms with Crippen LogP contribution in [0.4, 0.5) is 0 Å². The van der Waals surface area contributed by atoms with Crippen molar-refractivity contribution < 1.29 is 19.2 Å². The van der Waals surface area contributed by atoms with Gasteiger partial charge in [-0.15, -0.1) is 5.06 Å². The largest absolute Gasteiger partial charge is 0.351 e. The summed E-state index contributed by atoms with van der Waals surface area (Å²) >= 11 is 0. The highest BCUT2D eigenvalue weighted by molar-refractivity contribution is 6.18. The Morgan fingerprint density at radius 3 is 2.13 bits per heavy atom. The minimum atomic E-state index is -1.15. The number of hydrogen-bond donors (Lipinski definition) is 1. The molecule has 1 heterocycles. The highest BCUT2D eigenvalue weighted by Gasteiger charge is 2.43. The molecule has 4 rings (SSSR count). The lowest BCUT2D eigenvalue weighted by Gasteiger charge is -2.30. The van der Waals surface area contributed by atoms with E-state index in [-0.39, 0.29) is 18.7 Å². The topological polar surface area (TPSA) is 75.7 Å². The van der Waals surface area contributed by atoms with E-state index in [1.807, 2.05) is 60.7 Å². The second kappa shape index (κ2) is 8.71. The van der Waals surface area contributed by atoms with Crippen LogP contribution in [-0.4, -0.2) is 22.8 Å². The lowest BCUT2D eigenvalue weighted by molar-refractivity contribution is -0.177. The van der Waals surface area contributed by atoms with Crippen molar-refractivity contribution in [3.63, 3.8) is 0 Å². The van der Waals surface area contributed by atoms with Crippen LogP contribution in [0.25, 0.3) is 0 Å². The van der Waals surface area contributed by atoms with Crippen molar-refractivity contribution >= 4 is 17.7 Å². The number of fused-ring (bicyclic) bond motifs is 1. The van der Waals surface area contributed by atoms with Crippen molar-refractivity contribution in [1.82, 2.24) is 10.4 Å². The molecule has 0 aliphatic carbocycles.